The fraction of sp³-hybridized carbons (Fsp3) is 0.214. The standard InChI is InChI=1S/C14H17N3O2/c1-4-9-17(10-5-2)14(19)13(18)16-12-11(3)7-6-8-15-12/h4-8H,1-2,9-10H2,3H3,(H,15,16,18). The van der Waals surface area contributed by atoms with Gasteiger partial charge >= 0.3 is 11.8 Å². The van der Waals surface area contributed by atoms with E-state index in [1.807, 2.05) is 0 Å². The van der Waals surface area contributed by atoms with Crippen molar-refractivity contribution in [3.8, 4) is 0 Å². The van der Waals surface area contributed by atoms with E-state index in [1.54, 1.807) is 37.4 Å². The van der Waals surface area contributed by atoms with Crippen molar-refractivity contribution < 1.29 is 9.59 Å². The van der Waals surface area contributed by atoms with Crippen molar-refractivity contribution in [1.29, 1.82) is 0 Å². The topological polar surface area (TPSA) is 62.3 Å². The lowest BCUT2D eigenvalue weighted by atomic mass is 10.3. The number of nitrogens with zero attached hydrogens (tertiary/aromatic N) is 2. The summed E-state index contributed by atoms with van der Waals surface area (Å²) in [7, 11) is 0. The highest BCUT2D eigenvalue weighted by Crippen LogP contribution is 2.09. The van der Waals surface area contributed by atoms with Crippen LogP contribution in [0.4, 0.5) is 5.82 Å². The Labute approximate surface area is 112 Å². The summed E-state index contributed by atoms with van der Waals surface area (Å²) in [6.07, 6.45) is 4.67. The Kier molecular flexibility index (Phi) is 5.47. The molecular formula is C14H17N3O2. The minimum absolute atomic E-state index is 0.291. The number of anilines is 1. The largest absolute Gasteiger partial charge is 0.327 e. The molecule has 0 aliphatic rings. The summed E-state index contributed by atoms with van der Waals surface area (Å²) in [5.41, 5.74) is 0.794. The van der Waals surface area contributed by atoms with E-state index >= 15 is 0 Å². The first-order chi connectivity index (χ1) is 9.10. The van der Waals surface area contributed by atoms with Gasteiger partial charge in [-0.25, -0.2) is 4.98 Å². The van der Waals surface area contributed by atoms with Gasteiger partial charge in [0.05, 0.1) is 0 Å². The molecule has 5 nitrogen and oxygen atoms in total. The average Bonchev–Trinajstić information content (AvgIpc) is 2.40. The molecule has 2 amide bonds. The molecule has 1 aromatic rings. The van der Waals surface area contributed by atoms with E-state index in [9.17, 15) is 9.59 Å². The molecule has 0 unspecified atom stereocenters. The summed E-state index contributed by atoms with van der Waals surface area (Å²) in [6, 6.07) is 3.56. The zero-order chi connectivity index (χ0) is 14.3. The number of pyridine rings is 1. The minimum Gasteiger partial charge on any atom is -0.327 e. The highest BCUT2D eigenvalue weighted by molar-refractivity contribution is 6.39. The molecule has 1 N–H and O–H groups in total. The van der Waals surface area contributed by atoms with Crippen molar-refractivity contribution in [2.24, 2.45) is 0 Å². The van der Waals surface area contributed by atoms with Crippen molar-refractivity contribution >= 4 is 17.6 Å². The van der Waals surface area contributed by atoms with Crippen LogP contribution in [0.1, 0.15) is 5.56 Å². The summed E-state index contributed by atoms with van der Waals surface area (Å²) in [4.78, 5) is 29.1. The van der Waals surface area contributed by atoms with Crippen LogP contribution in [0.15, 0.2) is 43.6 Å². The third-order valence-electron chi connectivity index (χ3n) is 2.42. The van der Waals surface area contributed by atoms with Crippen LogP contribution in [0.2, 0.25) is 0 Å². The molecule has 0 fully saturated rings. The third-order valence-corrected chi connectivity index (χ3v) is 2.42. The van der Waals surface area contributed by atoms with Crippen LogP contribution in [0.3, 0.4) is 0 Å². The smallest absolute Gasteiger partial charge is 0.315 e. The van der Waals surface area contributed by atoms with Crippen molar-refractivity contribution in [3.63, 3.8) is 0 Å². The molecule has 0 bridgehead atoms. The molecule has 0 radical (unpaired) electrons. The molecular weight excluding hydrogens is 242 g/mol. The normalized spacial score (nSPS) is 9.53. The van der Waals surface area contributed by atoms with Gasteiger partial charge in [0.25, 0.3) is 0 Å². The molecule has 0 saturated heterocycles. The molecule has 5 heteroatoms. The molecule has 1 rings (SSSR count). The van der Waals surface area contributed by atoms with E-state index in [-0.39, 0.29) is 0 Å². The monoisotopic (exact) mass is 259 g/mol. The fourth-order valence-corrected chi connectivity index (χ4v) is 1.47. The Morgan fingerprint density at radius 2 is 2.00 bits per heavy atom. The molecule has 0 aromatic carbocycles. The second-order valence-corrected chi connectivity index (χ2v) is 3.91. The van der Waals surface area contributed by atoms with Gasteiger partial charge < -0.3 is 10.2 Å². The van der Waals surface area contributed by atoms with Crippen LogP contribution >= 0.6 is 0 Å². The summed E-state index contributed by atoms with van der Waals surface area (Å²) in [5.74, 6) is -0.964. The molecule has 0 saturated carbocycles. The molecule has 0 aliphatic heterocycles. The van der Waals surface area contributed by atoms with E-state index in [0.717, 1.165) is 5.56 Å². The lowest BCUT2D eigenvalue weighted by molar-refractivity contribution is -0.142. The van der Waals surface area contributed by atoms with E-state index in [4.69, 9.17) is 0 Å². The lowest BCUT2D eigenvalue weighted by Gasteiger charge is -2.18. The van der Waals surface area contributed by atoms with Gasteiger partial charge in [-0.3, -0.25) is 9.59 Å². The predicted molar refractivity (Wildman–Crippen MR) is 74.6 cm³/mol. The fourth-order valence-electron chi connectivity index (χ4n) is 1.47. The Balaban J connectivity index is 2.76. The second kappa shape index (κ2) is 7.10. The number of hydrogen-bond acceptors (Lipinski definition) is 3. The Morgan fingerprint density at radius 3 is 2.53 bits per heavy atom. The first kappa shape index (κ1) is 14.6. The van der Waals surface area contributed by atoms with E-state index in [0.29, 0.717) is 18.9 Å². The Morgan fingerprint density at radius 1 is 1.37 bits per heavy atom. The van der Waals surface area contributed by atoms with Crippen LogP contribution in [0.5, 0.6) is 0 Å². The van der Waals surface area contributed by atoms with E-state index < -0.39 is 11.8 Å². The number of rotatable bonds is 5. The Bertz CT molecular complexity index is 487. The number of nitrogens with one attached hydrogen (secondary N) is 1. The first-order valence-corrected chi connectivity index (χ1v) is 5.83. The van der Waals surface area contributed by atoms with Gasteiger partial charge in [0.1, 0.15) is 5.82 Å². The molecule has 1 aromatic heterocycles. The molecule has 1 heterocycles. The van der Waals surface area contributed by atoms with Gasteiger partial charge in [-0.15, -0.1) is 13.2 Å². The second-order valence-electron chi connectivity index (χ2n) is 3.91. The van der Waals surface area contributed by atoms with Crippen molar-refractivity contribution in [1.82, 2.24) is 9.88 Å². The van der Waals surface area contributed by atoms with Crippen molar-refractivity contribution in [2.75, 3.05) is 18.4 Å². The zero-order valence-corrected chi connectivity index (χ0v) is 10.9. The number of carbonyl (C=O) groups is 2. The first-order valence-electron chi connectivity index (χ1n) is 5.83. The maximum absolute atomic E-state index is 11.9. The average molecular weight is 259 g/mol. The van der Waals surface area contributed by atoms with Gasteiger partial charge in [-0.1, -0.05) is 18.2 Å². The highest BCUT2D eigenvalue weighted by Gasteiger charge is 2.20. The Hall–Kier alpha value is -2.43. The maximum Gasteiger partial charge on any atom is 0.315 e. The number of aryl methyl sites for hydroxylation is 1. The maximum atomic E-state index is 11.9. The van der Waals surface area contributed by atoms with E-state index in [2.05, 4.69) is 23.5 Å². The van der Waals surface area contributed by atoms with Crippen LogP contribution in [0.25, 0.3) is 0 Å². The molecule has 0 spiro atoms. The molecule has 0 aliphatic carbocycles. The minimum atomic E-state index is -0.717. The molecule has 19 heavy (non-hydrogen) atoms. The highest BCUT2D eigenvalue weighted by atomic mass is 16.2. The number of carbonyl (C=O) groups excluding carboxylic acids is 2. The van der Waals surface area contributed by atoms with Crippen LogP contribution < -0.4 is 5.32 Å². The number of hydrogen-bond donors (Lipinski definition) is 1. The summed E-state index contributed by atoms with van der Waals surface area (Å²) < 4.78 is 0. The summed E-state index contributed by atoms with van der Waals surface area (Å²) in [5, 5.41) is 2.50. The predicted octanol–water partition coefficient (Wildman–Crippen LogP) is 1.53. The number of amides is 2. The van der Waals surface area contributed by atoms with Gasteiger partial charge in [-0.2, -0.15) is 0 Å². The van der Waals surface area contributed by atoms with Gasteiger partial charge in [-0.05, 0) is 18.6 Å². The quantitative estimate of drug-likeness (QED) is 0.644. The third kappa shape index (κ3) is 4.06. The molecule has 0 atom stereocenters. The summed E-state index contributed by atoms with van der Waals surface area (Å²) >= 11 is 0. The van der Waals surface area contributed by atoms with Crippen LogP contribution in [-0.4, -0.2) is 34.8 Å². The van der Waals surface area contributed by atoms with Crippen molar-refractivity contribution in [3.05, 3.63) is 49.2 Å². The van der Waals surface area contributed by atoms with Gasteiger partial charge in [0.15, 0.2) is 0 Å². The van der Waals surface area contributed by atoms with Gasteiger partial charge in [0.2, 0.25) is 0 Å². The molecule has 100 valence electrons. The van der Waals surface area contributed by atoms with Crippen LogP contribution in [-0.2, 0) is 9.59 Å². The lowest BCUT2D eigenvalue weighted by Crippen LogP contribution is -2.40. The van der Waals surface area contributed by atoms with Crippen LogP contribution in [0, 0.1) is 6.92 Å². The number of aromatic nitrogens is 1. The van der Waals surface area contributed by atoms with Crippen molar-refractivity contribution in [2.45, 2.75) is 6.92 Å². The summed E-state index contributed by atoms with van der Waals surface area (Å²) in [6.45, 7) is 9.49. The van der Waals surface area contributed by atoms with E-state index in [1.165, 1.54) is 4.90 Å². The zero-order valence-electron chi connectivity index (χ0n) is 10.9. The SMILES string of the molecule is C=CCN(CC=C)C(=O)C(=O)Nc1ncccc1C. The van der Waals surface area contributed by atoms with Gasteiger partial charge in [0, 0.05) is 19.3 Å².